The summed E-state index contributed by atoms with van der Waals surface area (Å²) in [7, 11) is 0. The van der Waals surface area contributed by atoms with Crippen LogP contribution in [-0.2, 0) is 5.41 Å². The maximum Gasteiger partial charge on any atom is 0.0826 e. The standard InChI is InChI=1S/C44H29N3S/c1-44(2)35-15-7-5-13-30(35)31-20-18-28(23-36(31)44)46(38-17-9-11-26-10-3-4-12-29(26)38)27-19-21-40-34(22-27)41-42-33(24-37-43(41)48-25-45-37)32-14-6-8-16-39(32)47(40)42/h3-25H,1-2H3. The summed E-state index contributed by atoms with van der Waals surface area (Å²) in [6.45, 7) is 4.72. The van der Waals surface area contributed by atoms with Crippen LogP contribution in [0.4, 0.5) is 17.1 Å². The van der Waals surface area contributed by atoms with Crippen molar-refractivity contribution in [1.29, 1.82) is 0 Å². The topological polar surface area (TPSA) is 20.5 Å². The third kappa shape index (κ3) is 3.30. The lowest BCUT2D eigenvalue weighted by molar-refractivity contribution is 0.660. The maximum absolute atomic E-state index is 4.81. The molecule has 11 rings (SSSR count). The minimum Gasteiger partial charge on any atom is -0.310 e. The molecule has 3 aromatic heterocycles. The van der Waals surface area contributed by atoms with E-state index < -0.39 is 0 Å². The van der Waals surface area contributed by atoms with E-state index in [-0.39, 0.29) is 5.41 Å². The van der Waals surface area contributed by atoms with Gasteiger partial charge < -0.3 is 9.30 Å². The molecule has 0 atom stereocenters. The van der Waals surface area contributed by atoms with Crippen LogP contribution in [0, 0.1) is 0 Å². The van der Waals surface area contributed by atoms with Crippen molar-refractivity contribution in [2.24, 2.45) is 0 Å². The predicted octanol–water partition coefficient (Wildman–Crippen LogP) is 12.4. The van der Waals surface area contributed by atoms with E-state index in [2.05, 4.69) is 157 Å². The Kier molecular flexibility index (Phi) is 5.06. The lowest BCUT2D eigenvalue weighted by Gasteiger charge is -2.29. The quantitative estimate of drug-likeness (QED) is 0.193. The predicted molar refractivity (Wildman–Crippen MR) is 204 cm³/mol. The van der Waals surface area contributed by atoms with Crippen molar-refractivity contribution in [2.75, 3.05) is 4.90 Å². The molecule has 0 N–H and O–H groups in total. The number of benzene rings is 7. The highest BCUT2D eigenvalue weighted by atomic mass is 32.1. The number of hydrogen-bond donors (Lipinski definition) is 0. The molecule has 1 aliphatic rings. The average molecular weight is 632 g/mol. The second kappa shape index (κ2) is 9.21. The molecule has 0 radical (unpaired) electrons. The third-order valence-electron chi connectivity index (χ3n) is 10.8. The average Bonchev–Trinajstić information content (AvgIpc) is 3.87. The second-order valence-electron chi connectivity index (χ2n) is 13.6. The fourth-order valence-corrected chi connectivity index (χ4v) is 9.50. The third-order valence-corrected chi connectivity index (χ3v) is 11.7. The highest BCUT2D eigenvalue weighted by Crippen LogP contribution is 2.52. The molecule has 0 saturated carbocycles. The molecule has 3 heterocycles. The molecule has 7 aromatic carbocycles. The van der Waals surface area contributed by atoms with E-state index in [0.717, 1.165) is 16.9 Å². The van der Waals surface area contributed by atoms with Crippen molar-refractivity contribution in [3.8, 4) is 11.1 Å². The summed E-state index contributed by atoms with van der Waals surface area (Å²) < 4.78 is 3.71. The first-order valence-corrected chi connectivity index (χ1v) is 17.4. The molecule has 0 unspecified atom stereocenters. The molecular formula is C44H29N3S. The van der Waals surface area contributed by atoms with E-state index >= 15 is 0 Å². The number of aromatic nitrogens is 2. The van der Waals surface area contributed by atoms with Gasteiger partial charge in [0.1, 0.15) is 0 Å². The molecule has 3 nitrogen and oxygen atoms in total. The number of nitrogens with zero attached hydrogens (tertiary/aromatic N) is 3. The molecule has 0 saturated heterocycles. The molecule has 0 bridgehead atoms. The summed E-state index contributed by atoms with van der Waals surface area (Å²) in [5.74, 6) is 0. The SMILES string of the molecule is CC1(C)c2ccccc2-c2ccc(N(c3ccc4c(c3)c3c5scnc5cc5c6ccccc6n4c53)c3cccc4ccccc34)cc21. The van der Waals surface area contributed by atoms with Crippen LogP contribution < -0.4 is 4.90 Å². The zero-order valence-electron chi connectivity index (χ0n) is 26.5. The summed E-state index contributed by atoms with van der Waals surface area (Å²) >= 11 is 1.74. The number of fused-ring (bicyclic) bond motifs is 12. The summed E-state index contributed by atoms with van der Waals surface area (Å²) in [6.07, 6.45) is 0. The van der Waals surface area contributed by atoms with Gasteiger partial charge in [0.2, 0.25) is 0 Å². The monoisotopic (exact) mass is 631 g/mol. The van der Waals surface area contributed by atoms with Crippen LogP contribution in [0.15, 0.2) is 139 Å². The largest absolute Gasteiger partial charge is 0.310 e. The van der Waals surface area contributed by atoms with Gasteiger partial charge in [0, 0.05) is 43.7 Å². The second-order valence-corrected chi connectivity index (χ2v) is 14.5. The van der Waals surface area contributed by atoms with E-state index in [1.54, 1.807) is 11.3 Å². The number of thiazole rings is 1. The van der Waals surface area contributed by atoms with Crippen LogP contribution >= 0.6 is 11.3 Å². The van der Waals surface area contributed by atoms with Crippen molar-refractivity contribution in [3.63, 3.8) is 0 Å². The van der Waals surface area contributed by atoms with E-state index in [9.17, 15) is 0 Å². The number of anilines is 3. The maximum atomic E-state index is 4.81. The van der Waals surface area contributed by atoms with E-state index in [1.807, 2.05) is 5.51 Å². The molecule has 48 heavy (non-hydrogen) atoms. The minimum atomic E-state index is -0.0949. The first-order chi connectivity index (χ1) is 23.6. The van der Waals surface area contributed by atoms with Crippen molar-refractivity contribution in [3.05, 3.63) is 150 Å². The lowest BCUT2D eigenvalue weighted by Crippen LogP contribution is -2.16. The van der Waals surface area contributed by atoms with Crippen molar-refractivity contribution in [2.45, 2.75) is 19.3 Å². The van der Waals surface area contributed by atoms with E-state index in [4.69, 9.17) is 4.98 Å². The smallest absolute Gasteiger partial charge is 0.0826 e. The lowest BCUT2D eigenvalue weighted by atomic mass is 9.82. The Morgan fingerprint density at radius 1 is 0.604 bits per heavy atom. The van der Waals surface area contributed by atoms with Crippen molar-refractivity contribution < 1.29 is 0 Å². The Hall–Kier alpha value is -5.71. The van der Waals surface area contributed by atoms with Crippen LogP contribution in [0.2, 0.25) is 0 Å². The van der Waals surface area contributed by atoms with Gasteiger partial charge in [-0.25, -0.2) is 4.98 Å². The van der Waals surface area contributed by atoms with Crippen molar-refractivity contribution in [1.82, 2.24) is 9.38 Å². The molecule has 0 fully saturated rings. The van der Waals surface area contributed by atoms with Crippen LogP contribution in [0.5, 0.6) is 0 Å². The van der Waals surface area contributed by atoms with Gasteiger partial charge in [0.05, 0.1) is 38.0 Å². The first kappa shape index (κ1) is 26.4. The highest BCUT2D eigenvalue weighted by Gasteiger charge is 2.36. The van der Waals surface area contributed by atoms with Gasteiger partial charge >= 0.3 is 0 Å². The van der Waals surface area contributed by atoms with Gasteiger partial charge in [-0.05, 0) is 76.2 Å². The zero-order chi connectivity index (χ0) is 31.7. The fourth-order valence-electron chi connectivity index (χ4n) is 8.67. The van der Waals surface area contributed by atoms with Gasteiger partial charge in [-0.1, -0.05) is 98.8 Å². The number of rotatable bonds is 3. The highest BCUT2D eigenvalue weighted by molar-refractivity contribution is 7.18. The van der Waals surface area contributed by atoms with Crippen LogP contribution in [0.3, 0.4) is 0 Å². The molecule has 10 aromatic rings. The van der Waals surface area contributed by atoms with Crippen LogP contribution in [0.1, 0.15) is 25.0 Å². The molecular weight excluding hydrogens is 603 g/mol. The molecule has 0 spiro atoms. The molecule has 226 valence electrons. The molecule has 4 heteroatoms. The van der Waals surface area contributed by atoms with Gasteiger partial charge in [-0.15, -0.1) is 11.3 Å². The van der Waals surface area contributed by atoms with Crippen molar-refractivity contribution >= 4 is 87.5 Å². The van der Waals surface area contributed by atoms with Gasteiger partial charge in [-0.2, -0.15) is 0 Å². The number of para-hydroxylation sites is 1. The van der Waals surface area contributed by atoms with Gasteiger partial charge in [0.15, 0.2) is 0 Å². The summed E-state index contributed by atoms with van der Waals surface area (Å²) in [4.78, 5) is 7.28. The van der Waals surface area contributed by atoms with Gasteiger partial charge in [0.25, 0.3) is 0 Å². The Balaban J connectivity index is 1.23. The Labute approximate surface area is 281 Å². The Bertz CT molecular complexity index is 2940. The summed E-state index contributed by atoms with van der Waals surface area (Å²) in [5.41, 5.74) is 15.6. The molecule has 0 aliphatic heterocycles. The minimum absolute atomic E-state index is 0.0949. The summed E-state index contributed by atoms with van der Waals surface area (Å²) in [6, 6.07) is 49.5. The fraction of sp³-hybridized carbons (Fsp3) is 0.0682. The van der Waals surface area contributed by atoms with E-state index in [1.165, 1.54) is 81.5 Å². The Morgan fingerprint density at radius 2 is 1.33 bits per heavy atom. The van der Waals surface area contributed by atoms with E-state index in [0.29, 0.717) is 0 Å². The number of hydrogen-bond acceptors (Lipinski definition) is 3. The Morgan fingerprint density at radius 3 is 2.27 bits per heavy atom. The molecule has 1 aliphatic carbocycles. The normalized spacial score (nSPS) is 13.8. The van der Waals surface area contributed by atoms with Gasteiger partial charge in [-0.3, -0.25) is 0 Å². The first-order valence-electron chi connectivity index (χ1n) is 16.5. The zero-order valence-corrected chi connectivity index (χ0v) is 27.3. The summed E-state index contributed by atoms with van der Waals surface area (Å²) in [5, 5.41) is 7.55. The van der Waals surface area contributed by atoms with Crippen LogP contribution in [0.25, 0.3) is 70.2 Å². The van der Waals surface area contributed by atoms with Crippen LogP contribution in [-0.4, -0.2) is 9.38 Å². The molecule has 0 amide bonds.